The van der Waals surface area contributed by atoms with Crippen molar-refractivity contribution in [2.45, 2.75) is 20.5 Å². The van der Waals surface area contributed by atoms with Gasteiger partial charge in [0.2, 0.25) is 5.82 Å². The molecule has 5 nitrogen and oxygen atoms in total. The minimum atomic E-state index is -0.404. The Labute approximate surface area is 133 Å². The predicted octanol–water partition coefficient (Wildman–Crippen LogP) is 3.71. The van der Waals surface area contributed by atoms with Gasteiger partial charge in [-0.3, -0.25) is 0 Å². The van der Waals surface area contributed by atoms with E-state index in [1.165, 1.54) is 0 Å². The average Bonchev–Trinajstić information content (AvgIpc) is 3.03. The molecule has 3 aromatic rings. The van der Waals surface area contributed by atoms with Gasteiger partial charge in [-0.2, -0.15) is 4.98 Å². The Bertz CT molecular complexity index is 822. The first-order valence-corrected chi connectivity index (χ1v) is 7.26. The molecule has 0 aliphatic heterocycles. The molecular weight excluding hydrogens is 292 g/mol. The zero-order valence-electron chi connectivity index (χ0n) is 12.9. The van der Waals surface area contributed by atoms with E-state index in [9.17, 15) is 4.79 Å². The number of hydrogen-bond donors (Lipinski definition) is 0. The third-order valence-corrected chi connectivity index (χ3v) is 3.47. The number of aryl methyl sites for hydroxylation is 2. The first-order chi connectivity index (χ1) is 11.1. The van der Waals surface area contributed by atoms with Gasteiger partial charge in [0.15, 0.2) is 6.61 Å². The van der Waals surface area contributed by atoms with Crippen LogP contribution in [-0.4, -0.2) is 16.1 Å². The Morgan fingerprint density at radius 2 is 1.83 bits per heavy atom. The summed E-state index contributed by atoms with van der Waals surface area (Å²) in [6.07, 6.45) is 0. The van der Waals surface area contributed by atoms with Crippen molar-refractivity contribution in [1.29, 1.82) is 0 Å². The van der Waals surface area contributed by atoms with Gasteiger partial charge in [0.05, 0.1) is 5.56 Å². The molecule has 3 rings (SSSR count). The summed E-state index contributed by atoms with van der Waals surface area (Å²) >= 11 is 0. The highest BCUT2D eigenvalue weighted by atomic mass is 16.6. The van der Waals surface area contributed by atoms with E-state index in [1.807, 2.05) is 50.2 Å². The molecular formula is C18H16N2O3. The number of benzene rings is 2. The molecule has 0 atom stereocenters. The fourth-order valence-electron chi connectivity index (χ4n) is 2.14. The van der Waals surface area contributed by atoms with Crippen molar-refractivity contribution in [1.82, 2.24) is 10.1 Å². The Balaban J connectivity index is 1.67. The molecule has 1 heterocycles. The smallest absolute Gasteiger partial charge is 0.338 e. The summed E-state index contributed by atoms with van der Waals surface area (Å²) in [5, 5.41) is 3.91. The Morgan fingerprint density at radius 3 is 2.57 bits per heavy atom. The van der Waals surface area contributed by atoms with Crippen LogP contribution in [0.2, 0.25) is 0 Å². The molecule has 0 aliphatic rings. The van der Waals surface area contributed by atoms with E-state index in [2.05, 4.69) is 10.1 Å². The van der Waals surface area contributed by atoms with Crippen LogP contribution in [0.25, 0.3) is 11.4 Å². The monoisotopic (exact) mass is 308 g/mol. The van der Waals surface area contributed by atoms with Crippen LogP contribution < -0.4 is 0 Å². The van der Waals surface area contributed by atoms with Crippen LogP contribution in [0.1, 0.15) is 27.4 Å². The maximum Gasteiger partial charge on any atom is 0.338 e. The normalized spacial score (nSPS) is 10.5. The van der Waals surface area contributed by atoms with E-state index in [4.69, 9.17) is 9.26 Å². The fourth-order valence-corrected chi connectivity index (χ4v) is 2.14. The van der Waals surface area contributed by atoms with Crippen molar-refractivity contribution in [3.8, 4) is 11.4 Å². The van der Waals surface area contributed by atoms with Gasteiger partial charge in [0.25, 0.3) is 5.89 Å². The van der Waals surface area contributed by atoms with E-state index in [0.29, 0.717) is 11.4 Å². The molecule has 2 aromatic carbocycles. The minimum absolute atomic E-state index is 0.0496. The van der Waals surface area contributed by atoms with Crippen LogP contribution in [0.5, 0.6) is 0 Å². The SMILES string of the molecule is Cc1ccc(-c2noc(COC(=O)c3ccccc3C)n2)cc1. The van der Waals surface area contributed by atoms with Gasteiger partial charge in [-0.05, 0) is 25.5 Å². The molecule has 0 fully saturated rings. The van der Waals surface area contributed by atoms with Crippen LogP contribution in [0.3, 0.4) is 0 Å². The van der Waals surface area contributed by atoms with Crippen molar-refractivity contribution in [2.75, 3.05) is 0 Å². The topological polar surface area (TPSA) is 65.2 Å². The summed E-state index contributed by atoms with van der Waals surface area (Å²) in [5.74, 6) is 0.340. The third kappa shape index (κ3) is 3.45. The summed E-state index contributed by atoms with van der Waals surface area (Å²) < 4.78 is 10.4. The molecule has 0 bridgehead atoms. The Morgan fingerprint density at radius 1 is 1.09 bits per heavy atom. The quantitative estimate of drug-likeness (QED) is 0.687. The maximum absolute atomic E-state index is 12.0. The molecule has 0 unspecified atom stereocenters. The van der Waals surface area contributed by atoms with Crippen molar-refractivity contribution in [2.24, 2.45) is 0 Å². The van der Waals surface area contributed by atoms with Crippen LogP contribution in [0.15, 0.2) is 53.1 Å². The highest BCUT2D eigenvalue weighted by Crippen LogP contribution is 2.17. The lowest BCUT2D eigenvalue weighted by Crippen LogP contribution is -2.07. The van der Waals surface area contributed by atoms with Crippen LogP contribution >= 0.6 is 0 Å². The number of ether oxygens (including phenoxy) is 1. The van der Waals surface area contributed by atoms with E-state index < -0.39 is 5.97 Å². The van der Waals surface area contributed by atoms with Crippen molar-refractivity contribution in [3.63, 3.8) is 0 Å². The lowest BCUT2D eigenvalue weighted by atomic mass is 10.1. The molecule has 0 saturated carbocycles. The standard InChI is InChI=1S/C18H16N2O3/c1-12-7-9-14(10-8-12)17-19-16(23-20-17)11-22-18(21)15-6-4-3-5-13(15)2/h3-10H,11H2,1-2H3. The molecule has 0 N–H and O–H groups in total. The molecule has 0 radical (unpaired) electrons. The average molecular weight is 308 g/mol. The van der Waals surface area contributed by atoms with Gasteiger partial charge in [0.1, 0.15) is 0 Å². The minimum Gasteiger partial charge on any atom is -0.452 e. The number of carbonyl (C=O) groups excluding carboxylic acids is 1. The number of hydrogen-bond acceptors (Lipinski definition) is 5. The summed E-state index contributed by atoms with van der Waals surface area (Å²) in [4.78, 5) is 16.3. The molecule has 23 heavy (non-hydrogen) atoms. The largest absolute Gasteiger partial charge is 0.452 e. The second-order valence-electron chi connectivity index (χ2n) is 5.27. The van der Waals surface area contributed by atoms with Crippen LogP contribution in [0.4, 0.5) is 0 Å². The van der Waals surface area contributed by atoms with Gasteiger partial charge in [0, 0.05) is 5.56 Å². The summed E-state index contributed by atoms with van der Waals surface area (Å²) in [7, 11) is 0. The Hall–Kier alpha value is -2.95. The first kappa shape index (κ1) is 15.0. The van der Waals surface area contributed by atoms with Crippen molar-refractivity contribution >= 4 is 5.97 Å². The number of nitrogens with zero attached hydrogens (tertiary/aromatic N) is 2. The summed E-state index contributed by atoms with van der Waals surface area (Å²) in [6.45, 7) is 3.82. The first-order valence-electron chi connectivity index (χ1n) is 7.26. The van der Waals surface area contributed by atoms with Crippen LogP contribution in [-0.2, 0) is 11.3 Å². The van der Waals surface area contributed by atoms with Crippen molar-refractivity contribution in [3.05, 3.63) is 71.1 Å². The number of carbonyl (C=O) groups is 1. The van der Waals surface area contributed by atoms with E-state index in [1.54, 1.807) is 12.1 Å². The van der Waals surface area contributed by atoms with E-state index in [0.717, 1.165) is 16.7 Å². The predicted molar refractivity (Wildman–Crippen MR) is 84.8 cm³/mol. The molecule has 0 amide bonds. The number of aromatic nitrogens is 2. The summed E-state index contributed by atoms with van der Waals surface area (Å²) in [6, 6.07) is 15.0. The van der Waals surface area contributed by atoms with Gasteiger partial charge < -0.3 is 9.26 Å². The highest BCUT2D eigenvalue weighted by molar-refractivity contribution is 5.90. The van der Waals surface area contributed by atoms with Crippen molar-refractivity contribution < 1.29 is 14.1 Å². The van der Waals surface area contributed by atoms with Crippen LogP contribution in [0, 0.1) is 13.8 Å². The number of esters is 1. The number of rotatable bonds is 4. The third-order valence-electron chi connectivity index (χ3n) is 3.47. The maximum atomic E-state index is 12.0. The second-order valence-corrected chi connectivity index (χ2v) is 5.27. The Kier molecular flexibility index (Phi) is 4.19. The van der Waals surface area contributed by atoms with Gasteiger partial charge in [-0.25, -0.2) is 4.79 Å². The lowest BCUT2D eigenvalue weighted by Gasteiger charge is -2.04. The van der Waals surface area contributed by atoms with Gasteiger partial charge >= 0.3 is 5.97 Å². The van der Waals surface area contributed by atoms with E-state index >= 15 is 0 Å². The summed E-state index contributed by atoms with van der Waals surface area (Å²) in [5.41, 5.74) is 3.41. The fraction of sp³-hybridized carbons (Fsp3) is 0.167. The molecule has 1 aromatic heterocycles. The van der Waals surface area contributed by atoms with Gasteiger partial charge in [-0.1, -0.05) is 53.2 Å². The molecule has 5 heteroatoms. The molecule has 116 valence electrons. The molecule has 0 saturated heterocycles. The highest BCUT2D eigenvalue weighted by Gasteiger charge is 2.13. The zero-order chi connectivity index (χ0) is 16.2. The van der Waals surface area contributed by atoms with E-state index in [-0.39, 0.29) is 12.5 Å². The lowest BCUT2D eigenvalue weighted by molar-refractivity contribution is 0.0429. The van der Waals surface area contributed by atoms with Gasteiger partial charge in [-0.15, -0.1) is 0 Å². The second kappa shape index (κ2) is 6.44. The zero-order valence-corrected chi connectivity index (χ0v) is 12.9. The molecule has 0 aliphatic carbocycles. The molecule has 0 spiro atoms.